The molecule has 2 aromatic rings. The summed E-state index contributed by atoms with van der Waals surface area (Å²) in [4.78, 5) is 14.8. The Labute approximate surface area is 192 Å². The van der Waals surface area contributed by atoms with Crippen LogP contribution in [0.25, 0.3) is 11.3 Å². The van der Waals surface area contributed by atoms with E-state index in [0.29, 0.717) is 31.6 Å². The molecule has 33 heavy (non-hydrogen) atoms. The van der Waals surface area contributed by atoms with Crippen molar-refractivity contribution < 1.29 is 23.4 Å². The van der Waals surface area contributed by atoms with E-state index in [-0.39, 0.29) is 41.0 Å². The van der Waals surface area contributed by atoms with E-state index in [0.717, 1.165) is 12.0 Å². The van der Waals surface area contributed by atoms with E-state index in [1.807, 2.05) is 6.92 Å². The fourth-order valence-electron chi connectivity index (χ4n) is 6.02. The van der Waals surface area contributed by atoms with Crippen LogP contribution in [0.4, 0.5) is 8.78 Å². The van der Waals surface area contributed by atoms with Gasteiger partial charge in [-0.2, -0.15) is 5.10 Å². The molecular formula is C25H29F2N3O3. The number of hydrogen-bond donors (Lipinski definition) is 1. The first kappa shape index (κ1) is 22.3. The van der Waals surface area contributed by atoms with Gasteiger partial charge in [-0.1, -0.05) is 26.8 Å². The zero-order valence-corrected chi connectivity index (χ0v) is 19.1. The second-order valence-electron chi connectivity index (χ2n) is 10.1. The molecular weight excluding hydrogens is 428 g/mol. The van der Waals surface area contributed by atoms with E-state index in [2.05, 4.69) is 24.0 Å². The Kier molecular flexibility index (Phi) is 5.29. The number of amides is 1. The second-order valence-corrected chi connectivity index (χ2v) is 10.1. The van der Waals surface area contributed by atoms with Gasteiger partial charge in [0.25, 0.3) is 5.91 Å². The van der Waals surface area contributed by atoms with Crippen LogP contribution in [0.3, 0.4) is 0 Å². The Balaban J connectivity index is 1.50. The summed E-state index contributed by atoms with van der Waals surface area (Å²) in [6.45, 7) is 7.31. The maximum Gasteiger partial charge on any atom is 0.251 e. The van der Waals surface area contributed by atoms with Crippen LogP contribution in [0, 0.1) is 23.0 Å². The van der Waals surface area contributed by atoms with Gasteiger partial charge in [-0.05, 0) is 48.9 Å². The number of ether oxygens (including phenoxy) is 1. The van der Waals surface area contributed by atoms with E-state index in [1.165, 1.54) is 18.2 Å². The van der Waals surface area contributed by atoms with Gasteiger partial charge in [0.05, 0.1) is 17.0 Å². The molecule has 176 valence electrons. The highest BCUT2D eigenvalue weighted by atomic mass is 19.1. The molecule has 0 spiro atoms. The molecule has 0 radical (unpaired) electrons. The fraction of sp³-hybridized carbons (Fsp3) is 0.560. The van der Waals surface area contributed by atoms with Crippen molar-refractivity contribution in [2.24, 2.45) is 11.3 Å². The molecule has 1 aromatic carbocycles. The van der Waals surface area contributed by atoms with Gasteiger partial charge in [-0.3, -0.25) is 4.79 Å². The minimum Gasteiger partial charge on any atom is -0.396 e. The first-order valence-electron chi connectivity index (χ1n) is 11.6. The molecule has 0 unspecified atom stereocenters. The number of benzene rings is 1. The Hall–Kier alpha value is -2.45. The quantitative estimate of drug-likeness (QED) is 0.715. The van der Waals surface area contributed by atoms with Crippen molar-refractivity contribution in [1.29, 1.82) is 0 Å². The number of carbonyl (C=O) groups excluding carboxylic acids is 1. The van der Waals surface area contributed by atoms with E-state index in [1.54, 1.807) is 11.0 Å². The lowest BCUT2D eigenvalue weighted by molar-refractivity contribution is -0.181. The number of halogens is 2. The van der Waals surface area contributed by atoms with E-state index >= 15 is 0 Å². The molecule has 2 bridgehead atoms. The lowest BCUT2D eigenvalue weighted by Crippen LogP contribution is -2.56. The highest BCUT2D eigenvalue weighted by Gasteiger charge is 2.65. The number of nitrogens with zero attached hydrogens (tertiary/aromatic N) is 3. The number of aliphatic hydroxyl groups excluding tert-OH is 1. The smallest absolute Gasteiger partial charge is 0.251 e. The molecule has 5 rings (SSSR count). The minimum absolute atomic E-state index is 0.0673. The third kappa shape index (κ3) is 3.14. The van der Waals surface area contributed by atoms with Crippen LogP contribution >= 0.6 is 0 Å². The Morgan fingerprint density at radius 1 is 1.27 bits per heavy atom. The van der Waals surface area contributed by atoms with Crippen molar-refractivity contribution in [3.63, 3.8) is 0 Å². The third-order valence-corrected chi connectivity index (χ3v) is 8.01. The Bertz CT molecular complexity index is 1080. The van der Waals surface area contributed by atoms with Crippen LogP contribution in [-0.4, -0.2) is 51.9 Å². The summed E-state index contributed by atoms with van der Waals surface area (Å²) in [7, 11) is 0. The topological polar surface area (TPSA) is 75.6 Å². The van der Waals surface area contributed by atoms with Gasteiger partial charge in [0, 0.05) is 31.0 Å². The molecule has 3 aliphatic rings. The molecule has 6 nitrogen and oxygen atoms in total. The largest absolute Gasteiger partial charge is 0.396 e. The van der Waals surface area contributed by atoms with Crippen LogP contribution < -0.4 is 0 Å². The van der Waals surface area contributed by atoms with Gasteiger partial charge < -0.3 is 14.7 Å². The predicted molar refractivity (Wildman–Crippen MR) is 117 cm³/mol. The molecule has 1 saturated heterocycles. The summed E-state index contributed by atoms with van der Waals surface area (Å²) in [6, 6.07) is 5.49. The lowest BCUT2D eigenvalue weighted by Gasteiger charge is -2.44. The molecule has 2 heterocycles. The Morgan fingerprint density at radius 3 is 2.61 bits per heavy atom. The maximum absolute atomic E-state index is 14.4. The van der Waals surface area contributed by atoms with Crippen molar-refractivity contribution in [3.05, 3.63) is 47.2 Å². The molecule has 1 aromatic heterocycles. The number of carbonyl (C=O) groups is 1. The van der Waals surface area contributed by atoms with E-state index in [4.69, 9.17) is 4.74 Å². The summed E-state index contributed by atoms with van der Waals surface area (Å²) in [5.74, 6) is -1.20. The molecule has 8 heteroatoms. The summed E-state index contributed by atoms with van der Waals surface area (Å²) < 4.78 is 35.4. The van der Waals surface area contributed by atoms with Gasteiger partial charge in [0.1, 0.15) is 23.3 Å². The first-order chi connectivity index (χ1) is 15.7. The standard InChI is InChI=1S/C25H29F2N3O3/c1-4-20(23(32)30-11-14(12-30)13-31)33-25-9-8-16(24(25,2)3)15-10-19(28-29-22(15)25)21-17(26)6-5-7-18(21)27/h5-7,10,14,16,20,31H,4,8-9,11-13H2,1-3H3/t16-,20+,25-/m0/s1. The first-order valence-corrected chi connectivity index (χ1v) is 11.6. The number of fused-ring (bicyclic) bond motifs is 5. The number of likely N-dealkylation sites (tertiary alicyclic amines) is 1. The van der Waals surface area contributed by atoms with Crippen LogP contribution in [0.2, 0.25) is 0 Å². The lowest BCUT2D eigenvalue weighted by atomic mass is 9.77. The molecule has 3 atom stereocenters. The van der Waals surface area contributed by atoms with Gasteiger partial charge in [0.15, 0.2) is 0 Å². The average molecular weight is 458 g/mol. The van der Waals surface area contributed by atoms with Crippen molar-refractivity contribution >= 4 is 5.91 Å². The summed E-state index contributed by atoms with van der Waals surface area (Å²) in [6.07, 6.45) is 1.44. The van der Waals surface area contributed by atoms with E-state index < -0.39 is 23.3 Å². The molecule has 1 aliphatic heterocycles. The molecule has 1 amide bonds. The van der Waals surface area contributed by atoms with Crippen LogP contribution in [0.15, 0.2) is 24.3 Å². The molecule has 2 fully saturated rings. The normalized spacial score (nSPS) is 26.2. The monoisotopic (exact) mass is 457 g/mol. The minimum atomic E-state index is -0.788. The second kappa shape index (κ2) is 7.81. The van der Waals surface area contributed by atoms with Crippen molar-refractivity contribution in [2.75, 3.05) is 19.7 Å². The summed E-state index contributed by atoms with van der Waals surface area (Å²) in [5.41, 5.74) is 0.414. The van der Waals surface area contributed by atoms with E-state index in [9.17, 15) is 18.7 Å². The van der Waals surface area contributed by atoms with Crippen molar-refractivity contribution in [1.82, 2.24) is 15.1 Å². The van der Waals surface area contributed by atoms with Gasteiger partial charge in [0.2, 0.25) is 0 Å². The zero-order chi connectivity index (χ0) is 23.5. The van der Waals surface area contributed by atoms with Gasteiger partial charge in [-0.25, -0.2) is 8.78 Å². The zero-order valence-electron chi connectivity index (χ0n) is 19.1. The number of rotatable bonds is 6. The highest BCUT2D eigenvalue weighted by Crippen LogP contribution is 2.68. The summed E-state index contributed by atoms with van der Waals surface area (Å²) >= 11 is 0. The predicted octanol–water partition coefficient (Wildman–Crippen LogP) is 3.78. The van der Waals surface area contributed by atoms with Gasteiger partial charge in [-0.15, -0.1) is 5.10 Å². The summed E-state index contributed by atoms with van der Waals surface area (Å²) in [5, 5.41) is 17.9. The van der Waals surface area contributed by atoms with Gasteiger partial charge >= 0.3 is 0 Å². The van der Waals surface area contributed by atoms with Crippen LogP contribution in [-0.2, 0) is 15.1 Å². The Morgan fingerprint density at radius 2 is 1.97 bits per heavy atom. The molecule has 1 saturated carbocycles. The SMILES string of the molecule is CC[C@@H](O[C@@]12CC[C@@H](c3cc(-c4c(F)cccc4F)nnc31)C2(C)C)C(=O)N1CC(CO)C1. The van der Waals surface area contributed by atoms with Crippen molar-refractivity contribution in [3.8, 4) is 11.3 Å². The maximum atomic E-state index is 14.4. The number of hydrogen-bond acceptors (Lipinski definition) is 5. The average Bonchev–Trinajstić information content (AvgIpc) is 3.11. The van der Waals surface area contributed by atoms with Crippen LogP contribution in [0.5, 0.6) is 0 Å². The molecule has 1 N–H and O–H groups in total. The fourth-order valence-corrected chi connectivity index (χ4v) is 6.02. The highest BCUT2D eigenvalue weighted by molar-refractivity contribution is 5.81. The number of aromatic nitrogens is 2. The van der Waals surface area contributed by atoms with Crippen LogP contribution in [0.1, 0.15) is 57.2 Å². The van der Waals surface area contributed by atoms with Crippen molar-refractivity contribution in [2.45, 2.75) is 57.7 Å². The molecule has 2 aliphatic carbocycles. The third-order valence-electron chi connectivity index (χ3n) is 8.01. The number of aliphatic hydroxyl groups is 1.